The molecule has 0 N–H and O–H groups in total. The molecule has 0 amide bonds. The maximum atomic E-state index is 9.45. The van der Waals surface area contributed by atoms with Crippen LogP contribution in [0.1, 0.15) is 18.4 Å². The Morgan fingerprint density at radius 1 is 1.24 bits per heavy atom. The van der Waals surface area contributed by atoms with Crippen LogP contribution < -0.4 is 12.4 Å². The highest BCUT2D eigenvalue weighted by atomic mass is 35.5. The highest BCUT2D eigenvalue weighted by Gasteiger charge is 2.35. The first-order chi connectivity index (χ1) is 7.66. The van der Waals surface area contributed by atoms with E-state index in [1.54, 1.807) is 0 Å². The van der Waals surface area contributed by atoms with Crippen LogP contribution in [0.2, 0.25) is 5.02 Å². The number of halogens is 2. The van der Waals surface area contributed by atoms with Gasteiger partial charge in [0.2, 0.25) is 0 Å². The molecule has 92 valence electrons. The fraction of sp³-hybridized carbons (Fsp3) is 0.462. The smallest absolute Gasteiger partial charge is 0.0846 e. The second-order valence-electron chi connectivity index (χ2n) is 4.50. The van der Waals surface area contributed by atoms with Crippen molar-refractivity contribution >= 4 is 11.6 Å². The molecule has 0 radical (unpaired) electrons. The lowest BCUT2D eigenvalue weighted by Crippen LogP contribution is -3.00. The molecule has 17 heavy (non-hydrogen) atoms. The quantitative estimate of drug-likeness (QED) is 0.708. The van der Waals surface area contributed by atoms with Gasteiger partial charge >= 0.3 is 0 Å². The molecule has 1 aliphatic rings. The van der Waals surface area contributed by atoms with Crippen molar-refractivity contribution in [3.8, 4) is 6.07 Å². The normalized spacial score (nSPS) is 19.1. The number of likely N-dealkylation sites (tertiary alicyclic amines) is 1. The predicted molar refractivity (Wildman–Crippen MR) is 65.5 cm³/mol. The number of hydrogen-bond donors (Lipinski definition) is 0. The lowest BCUT2D eigenvalue weighted by atomic mass is 9.74. The standard InChI is InChI=1S/C13H15ClN2.ClH/c1-16-8-6-13(10-15,7-9-16)11-2-4-12(14)5-3-11;/h2-5H,6-9H2,1H3;1H/p-1. The van der Waals surface area contributed by atoms with Crippen LogP contribution in [-0.4, -0.2) is 25.0 Å². The van der Waals surface area contributed by atoms with Crippen LogP contribution in [0, 0.1) is 11.3 Å². The Labute approximate surface area is 114 Å². The van der Waals surface area contributed by atoms with Gasteiger partial charge in [-0.05, 0) is 50.7 Å². The Kier molecular flexibility index (Phi) is 4.82. The summed E-state index contributed by atoms with van der Waals surface area (Å²) in [7, 11) is 2.10. The average Bonchev–Trinajstić information content (AvgIpc) is 2.32. The molecule has 0 unspecified atom stereocenters. The minimum Gasteiger partial charge on any atom is -1.00 e. The molecule has 0 spiro atoms. The van der Waals surface area contributed by atoms with E-state index in [1.807, 2.05) is 24.3 Å². The van der Waals surface area contributed by atoms with Crippen molar-refractivity contribution < 1.29 is 12.4 Å². The van der Waals surface area contributed by atoms with Gasteiger partial charge in [-0.15, -0.1) is 0 Å². The Morgan fingerprint density at radius 3 is 2.24 bits per heavy atom. The third-order valence-electron chi connectivity index (χ3n) is 3.45. The van der Waals surface area contributed by atoms with E-state index in [0.29, 0.717) is 0 Å². The van der Waals surface area contributed by atoms with Crippen LogP contribution in [0.25, 0.3) is 0 Å². The predicted octanol–water partition coefficient (Wildman–Crippen LogP) is -0.169. The van der Waals surface area contributed by atoms with Gasteiger partial charge < -0.3 is 17.3 Å². The van der Waals surface area contributed by atoms with Gasteiger partial charge in [0.05, 0.1) is 11.5 Å². The van der Waals surface area contributed by atoms with Gasteiger partial charge in [-0.1, -0.05) is 23.7 Å². The molecule has 0 atom stereocenters. The maximum absolute atomic E-state index is 9.45. The molecule has 1 aliphatic heterocycles. The average molecular weight is 270 g/mol. The van der Waals surface area contributed by atoms with Crippen molar-refractivity contribution in [3.63, 3.8) is 0 Å². The van der Waals surface area contributed by atoms with Crippen LogP contribution in [0.3, 0.4) is 0 Å². The summed E-state index contributed by atoms with van der Waals surface area (Å²) in [5, 5.41) is 10.2. The summed E-state index contributed by atoms with van der Waals surface area (Å²) in [5.74, 6) is 0. The first kappa shape index (κ1) is 14.3. The van der Waals surface area contributed by atoms with E-state index in [0.717, 1.165) is 36.5 Å². The van der Waals surface area contributed by atoms with Gasteiger partial charge in [-0.25, -0.2) is 0 Å². The molecule has 0 aliphatic carbocycles. The van der Waals surface area contributed by atoms with E-state index < -0.39 is 0 Å². The highest BCUT2D eigenvalue weighted by molar-refractivity contribution is 6.30. The Balaban J connectivity index is 0.00000144. The molecule has 0 bridgehead atoms. The zero-order valence-electron chi connectivity index (χ0n) is 9.79. The molecule has 4 heteroatoms. The highest BCUT2D eigenvalue weighted by Crippen LogP contribution is 2.34. The number of hydrogen-bond acceptors (Lipinski definition) is 2. The van der Waals surface area contributed by atoms with E-state index in [9.17, 15) is 5.26 Å². The summed E-state index contributed by atoms with van der Waals surface area (Å²) in [6.45, 7) is 1.96. The van der Waals surface area contributed by atoms with Crippen molar-refractivity contribution in [2.45, 2.75) is 18.3 Å². The minimum atomic E-state index is -0.308. The summed E-state index contributed by atoms with van der Waals surface area (Å²) >= 11 is 5.87. The van der Waals surface area contributed by atoms with Gasteiger partial charge in [0, 0.05) is 5.02 Å². The Bertz CT molecular complexity index is 400. The number of rotatable bonds is 1. The van der Waals surface area contributed by atoms with E-state index in [-0.39, 0.29) is 17.8 Å². The molecule has 2 rings (SSSR count). The van der Waals surface area contributed by atoms with Crippen molar-refractivity contribution in [2.24, 2.45) is 0 Å². The minimum absolute atomic E-state index is 0. The molecule has 1 aromatic rings. The van der Waals surface area contributed by atoms with Gasteiger partial charge in [0.25, 0.3) is 0 Å². The summed E-state index contributed by atoms with van der Waals surface area (Å²) in [5.41, 5.74) is 0.796. The second kappa shape index (κ2) is 5.73. The van der Waals surface area contributed by atoms with Crippen molar-refractivity contribution in [1.29, 1.82) is 5.26 Å². The molecular formula is C13H15Cl2N2-. The number of piperidine rings is 1. The van der Waals surface area contributed by atoms with Crippen molar-refractivity contribution in [2.75, 3.05) is 20.1 Å². The Hall–Kier alpha value is -0.750. The zero-order chi connectivity index (χ0) is 11.6. The molecule has 1 aromatic carbocycles. The SMILES string of the molecule is CN1CCC(C#N)(c2ccc(Cl)cc2)CC1.[Cl-]. The number of benzene rings is 1. The molecule has 1 fully saturated rings. The molecular weight excluding hydrogens is 255 g/mol. The zero-order valence-corrected chi connectivity index (χ0v) is 11.3. The molecule has 2 nitrogen and oxygen atoms in total. The molecule has 0 aromatic heterocycles. The second-order valence-corrected chi connectivity index (χ2v) is 4.94. The van der Waals surface area contributed by atoms with E-state index in [2.05, 4.69) is 18.0 Å². The van der Waals surface area contributed by atoms with Crippen molar-refractivity contribution in [1.82, 2.24) is 4.90 Å². The Morgan fingerprint density at radius 2 is 1.76 bits per heavy atom. The summed E-state index contributed by atoms with van der Waals surface area (Å²) in [6, 6.07) is 10.2. The van der Waals surface area contributed by atoms with Gasteiger partial charge in [0.15, 0.2) is 0 Å². The van der Waals surface area contributed by atoms with Crippen LogP contribution in [-0.2, 0) is 5.41 Å². The first-order valence-corrected chi connectivity index (χ1v) is 5.90. The van der Waals surface area contributed by atoms with E-state index >= 15 is 0 Å². The lowest BCUT2D eigenvalue weighted by Gasteiger charge is -2.35. The van der Waals surface area contributed by atoms with Gasteiger partial charge in [0.1, 0.15) is 0 Å². The maximum Gasteiger partial charge on any atom is 0.0846 e. The van der Waals surface area contributed by atoms with Crippen molar-refractivity contribution in [3.05, 3.63) is 34.9 Å². The largest absolute Gasteiger partial charge is 1.00 e. The number of nitrogens with zero attached hydrogens (tertiary/aromatic N) is 2. The molecule has 1 heterocycles. The summed E-state index contributed by atoms with van der Waals surface area (Å²) in [4.78, 5) is 2.27. The molecule has 0 saturated carbocycles. The van der Waals surface area contributed by atoms with E-state index in [1.165, 1.54) is 0 Å². The first-order valence-electron chi connectivity index (χ1n) is 5.52. The van der Waals surface area contributed by atoms with Crippen LogP contribution >= 0.6 is 11.6 Å². The van der Waals surface area contributed by atoms with Gasteiger partial charge in [-0.2, -0.15) is 5.26 Å². The fourth-order valence-corrected chi connectivity index (χ4v) is 2.36. The third kappa shape index (κ3) is 2.93. The van der Waals surface area contributed by atoms with Crippen LogP contribution in [0.4, 0.5) is 0 Å². The fourth-order valence-electron chi connectivity index (χ4n) is 2.23. The number of nitriles is 1. The summed E-state index contributed by atoms with van der Waals surface area (Å²) in [6.07, 6.45) is 1.81. The van der Waals surface area contributed by atoms with Crippen LogP contribution in [0.5, 0.6) is 0 Å². The van der Waals surface area contributed by atoms with Crippen LogP contribution in [0.15, 0.2) is 24.3 Å². The van der Waals surface area contributed by atoms with E-state index in [4.69, 9.17) is 11.6 Å². The monoisotopic (exact) mass is 269 g/mol. The topological polar surface area (TPSA) is 27.0 Å². The third-order valence-corrected chi connectivity index (χ3v) is 3.70. The summed E-state index contributed by atoms with van der Waals surface area (Å²) < 4.78 is 0. The lowest BCUT2D eigenvalue weighted by molar-refractivity contribution is -0.00000349. The van der Waals surface area contributed by atoms with Gasteiger partial charge in [-0.3, -0.25) is 0 Å². The molecule has 1 saturated heterocycles.